The maximum Gasteiger partial charge on any atom is 0.416 e. The highest BCUT2D eigenvalue weighted by Gasteiger charge is 2.35. The van der Waals surface area contributed by atoms with E-state index < -0.39 is 22.4 Å². The van der Waals surface area contributed by atoms with Gasteiger partial charge in [0.25, 0.3) is 5.69 Å². The second-order valence-electron chi connectivity index (χ2n) is 6.09. The molecule has 3 rings (SSSR count). The van der Waals surface area contributed by atoms with Crippen LogP contribution in [0.25, 0.3) is 0 Å². The fourth-order valence-corrected chi connectivity index (χ4v) is 3.49. The van der Waals surface area contributed by atoms with Crippen LogP contribution in [0.5, 0.6) is 0 Å². The Labute approximate surface area is 131 Å². The van der Waals surface area contributed by atoms with Crippen molar-refractivity contribution in [1.82, 2.24) is 4.90 Å². The van der Waals surface area contributed by atoms with E-state index in [4.69, 9.17) is 0 Å². The number of halogens is 3. The van der Waals surface area contributed by atoms with Gasteiger partial charge < -0.3 is 4.90 Å². The van der Waals surface area contributed by atoms with Gasteiger partial charge in [0.2, 0.25) is 0 Å². The highest BCUT2D eigenvalue weighted by atomic mass is 19.4. The number of rotatable bonds is 2. The lowest BCUT2D eigenvalue weighted by Gasteiger charge is -2.44. The van der Waals surface area contributed by atoms with Crippen LogP contribution in [0.3, 0.4) is 0 Å². The predicted octanol–water partition coefficient (Wildman–Crippen LogP) is 3.29. The zero-order chi connectivity index (χ0) is 16.6. The molecule has 2 fully saturated rings. The summed E-state index contributed by atoms with van der Waals surface area (Å²) >= 11 is 0. The van der Waals surface area contributed by atoms with Gasteiger partial charge in [0.1, 0.15) is 5.69 Å². The number of nitro benzene ring substituents is 1. The van der Waals surface area contributed by atoms with Gasteiger partial charge >= 0.3 is 6.18 Å². The second-order valence-corrected chi connectivity index (χ2v) is 6.09. The van der Waals surface area contributed by atoms with Crippen molar-refractivity contribution >= 4 is 11.4 Å². The number of nitro groups is 1. The van der Waals surface area contributed by atoms with Crippen LogP contribution in [0.4, 0.5) is 24.5 Å². The number of benzene rings is 1. The van der Waals surface area contributed by atoms with Gasteiger partial charge in [0, 0.05) is 31.7 Å². The molecule has 23 heavy (non-hydrogen) atoms. The van der Waals surface area contributed by atoms with Gasteiger partial charge in [-0.1, -0.05) is 6.42 Å². The molecule has 0 spiro atoms. The minimum absolute atomic E-state index is 0.285. The molecule has 2 heterocycles. The fraction of sp³-hybridized carbons (Fsp3) is 0.600. The van der Waals surface area contributed by atoms with Crippen molar-refractivity contribution in [2.24, 2.45) is 0 Å². The first-order valence-electron chi connectivity index (χ1n) is 7.71. The molecule has 8 heteroatoms. The normalized spacial score (nSPS) is 22.7. The molecule has 1 aromatic carbocycles. The third-order valence-electron chi connectivity index (χ3n) is 4.68. The summed E-state index contributed by atoms with van der Waals surface area (Å²) < 4.78 is 38.4. The first kappa shape index (κ1) is 16.0. The van der Waals surface area contributed by atoms with Crippen LogP contribution in [0.1, 0.15) is 24.8 Å². The Morgan fingerprint density at radius 3 is 2.65 bits per heavy atom. The molecular formula is C15H18F3N3O2. The minimum Gasteiger partial charge on any atom is -0.363 e. The van der Waals surface area contributed by atoms with Gasteiger partial charge in [-0.05, 0) is 31.5 Å². The smallest absolute Gasteiger partial charge is 0.363 e. The highest BCUT2D eigenvalue weighted by molar-refractivity contribution is 5.65. The average molecular weight is 329 g/mol. The lowest BCUT2D eigenvalue weighted by Crippen LogP contribution is -2.55. The van der Waals surface area contributed by atoms with Crippen LogP contribution in [-0.2, 0) is 6.18 Å². The summed E-state index contributed by atoms with van der Waals surface area (Å²) in [6, 6.07) is 3.14. The Kier molecular flexibility index (Phi) is 4.18. The van der Waals surface area contributed by atoms with E-state index in [0.29, 0.717) is 25.2 Å². The van der Waals surface area contributed by atoms with E-state index in [2.05, 4.69) is 4.90 Å². The Morgan fingerprint density at radius 2 is 1.96 bits per heavy atom. The van der Waals surface area contributed by atoms with E-state index in [1.54, 1.807) is 0 Å². The van der Waals surface area contributed by atoms with Gasteiger partial charge in [0.05, 0.1) is 10.5 Å². The summed E-state index contributed by atoms with van der Waals surface area (Å²) in [5.74, 6) is 0. The van der Waals surface area contributed by atoms with Crippen molar-refractivity contribution in [3.63, 3.8) is 0 Å². The molecule has 0 amide bonds. The van der Waals surface area contributed by atoms with E-state index in [0.717, 1.165) is 38.4 Å². The molecule has 0 aromatic heterocycles. The Balaban J connectivity index is 1.88. The van der Waals surface area contributed by atoms with E-state index >= 15 is 0 Å². The SMILES string of the molecule is O=[N+]([O-])c1cc(C(F)(F)F)ccc1N1CCN2CCCCC2C1. The summed E-state index contributed by atoms with van der Waals surface area (Å²) in [7, 11) is 0. The van der Waals surface area contributed by atoms with Crippen LogP contribution >= 0.6 is 0 Å². The van der Waals surface area contributed by atoms with E-state index in [1.807, 2.05) is 4.90 Å². The lowest BCUT2D eigenvalue weighted by molar-refractivity contribution is -0.384. The second kappa shape index (κ2) is 5.99. The molecule has 0 bridgehead atoms. The van der Waals surface area contributed by atoms with Gasteiger partial charge in [0.15, 0.2) is 0 Å². The topological polar surface area (TPSA) is 49.6 Å². The zero-order valence-electron chi connectivity index (χ0n) is 12.6. The molecule has 126 valence electrons. The van der Waals surface area contributed by atoms with Crippen LogP contribution < -0.4 is 4.90 Å². The largest absolute Gasteiger partial charge is 0.416 e. The first-order valence-corrected chi connectivity index (χ1v) is 7.71. The molecule has 2 saturated heterocycles. The monoisotopic (exact) mass is 329 g/mol. The number of anilines is 1. The standard InChI is InChI=1S/C15H18F3N3O2/c16-15(17,18)11-4-5-13(14(9-11)21(22)23)20-8-7-19-6-2-1-3-12(19)10-20/h4-5,9,12H,1-3,6-8,10H2. The third kappa shape index (κ3) is 3.26. The molecule has 0 radical (unpaired) electrons. The number of piperazine rings is 1. The van der Waals surface area contributed by atoms with Gasteiger partial charge in [-0.3, -0.25) is 15.0 Å². The maximum atomic E-state index is 12.8. The van der Waals surface area contributed by atoms with Crippen molar-refractivity contribution < 1.29 is 18.1 Å². The van der Waals surface area contributed by atoms with E-state index in [-0.39, 0.29) is 5.69 Å². The summed E-state index contributed by atoms with van der Waals surface area (Å²) in [6.07, 6.45) is -1.25. The molecule has 1 atom stereocenters. The quantitative estimate of drug-likeness (QED) is 0.617. The highest BCUT2D eigenvalue weighted by Crippen LogP contribution is 2.37. The number of piperidine rings is 1. The van der Waals surface area contributed by atoms with Crippen LogP contribution in [0.2, 0.25) is 0 Å². The molecular weight excluding hydrogens is 311 g/mol. The molecule has 0 aliphatic carbocycles. The third-order valence-corrected chi connectivity index (χ3v) is 4.68. The van der Waals surface area contributed by atoms with Crippen molar-refractivity contribution in [2.45, 2.75) is 31.5 Å². The Morgan fingerprint density at radius 1 is 1.17 bits per heavy atom. The molecule has 2 aliphatic heterocycles. The molecule has 1 aromatic rings. The van der Waals surface area contributed by atoms with Gasteiger partial charge in [-0.2, -0.15) is 13.2 Å². The van der Waals surface area contributed by atoms with Crippen LogP contribution in [0, 0.1) is 10.1 Å². The van der Waals surface area contributed by atoms with Crippen molar-refractivity contribution in [2.75, 3.05) is 31.1 Å². The summed E-state index contributed by atoms with van der Waals surface area (Å²) in [5, 5.41) is 11.2. The molecule has 1 unspecified atom stereocenters. The van der Waals surface area contributed by atoms with E-state index in [1.165, 1.54) is 6.07 Å². The summed E-state index contributed by atoms with van der Waals surface area (Å²) in [5.41, 5.74) is -1.17. The maximum absolute atomic E-state index is 12.8. The summed E-state index contributed by atoms with van der Waals surface area (Å²) in [6.45, 7) is 3.06. The zero-order valence-corrected chi connectivity index (χ0v) is 12.6. The molecule has 2 aliphatic rings. The molecule has 0 saturated carbocycles. The Hall–Kier alpha value is -1.83. The minimum atomic E-state index is -4.58. The molecule has 5 nitrogen and oxygen atoms in total. The number of hydrogen-bond donors (Lipinski definition) is 0. The van der Waals surface area contributed by atoms with Gasteiger partial charge in [-0.25, -0.2) is 0 Å². The van der Waals surface area contributed by atoms with E-state index in [9.17, 15) is 23.3 Å². The average Bonchev–Trinajstić information content (AvgIpc) is 2.53. The van der Waals surface area contributed by atoms with Crippen LogP contribution in [-0.4, -0.2) is 42.0 Å². The fourth-order valence-electron chi connectivity index (χ4n) is 3.49. The lowest BCUT2D eigenvalue weighted by atomic mass is 9.99. The number of fused-ring (bicyclic) bond motifs is 1. The number of alkyl halides is 3. The molecule has 0 N–H and O–H groups in total. The van der Waals surface area contributed by atoms with Crippen LogP contribution in [0.15, 0.2) is 18.2 Å². The van der Waals surface area contributed by atoms with Crippen molar-refractivity contribution in [3.8, 4) is 0 Å². The van der Waals surface area contributed by atoms with Crippen molar-refractivity contribution in [3.05, 3.63) is 33.9 Å². The predicted molar refractivity (Wildman–Crippen MR) is 79.5 cm³/mol. The Bertz CT molecular complexity index is 606. The number of hydrogen-bond acceptors (Lipinski definition) is 4. The first-order chi connectivity index (χ1) is 10.9. The number of nitrogens with zero attached hydrogens (tertiary/aromatic N) is 3. The summed E-state index contributed by atoms with van der Waals surface area (Å²) in [4.78, 5) is 14.7. The van der Waals surface area contributed by atoms with Gasteiger partial charge in [-0.15, -0.1) is 0 Å². The van der Waals surface area contributed by atoms with Crippen molar-refractivity contribution in [1.29, 1.82) is 0 Å².